The summed E-state index contributed by atoms with van der Waals surface area (Å²) >= 11 is 0. The fourth-order valence-corrected chi connectivity index (χ4v) is 2.63. The monoisotopic (exact) mass is 200 g/mol. The van der Waals surface area contributed by atoms with Crippen LogP contribution in [-0.2, 0) is 10.0 Å². The Labute approximate surface area is 73.2 Å². The van der Waals surface area contributed by atoms with Crippen LogP contribution in [0.1, 0.15) is 6.42 Å². The van der Waals surface area contributed by atoms with Gasteiger partial charge in [0.05, 0.1) is 5.75 Å². The van der Waals surface area contributed by atoms with E-state index in [4.69, 9.17) is 5.73 Å². The molecule has 1 saturated heterocycles. The van der Waals surface area contributed by atoms with Crippen molar-refractivity contribution in [1.82, 2.24) is 4.31 Å². The van der Waals surface area contributed by atoms with E-state index in [9.17, 15) is 8.42 Å². The van der Waals surface area contributed by atoms with Crippen LogP contribution in [0.25, 0.3) is 0 Å². The van der Waals surface area contributed by atoms with Gasteiger partial charge in [0.1, 0.15) is 0 Å². The minimum Gasteiger partial charge on any atom is -0.329 e. The molecule has 1 rings (SSSR count). The first-order valence-electron chi connectivity index (χ1n) is 3.35. The zero-order chi connectivity index (χ0) is 7.61. The molecule has 0 radical (unpaired) electrons. The molecule has 0 saturated carbocycles. The van der Waals surface area contributed by atoms with Gasteiger partial charge in [-0.3, -0.25) is 0 Å². The van der Waals surface area contributed by atoms with Crippen LogP contribution < -0.4 is 5.73 Å². The van der Waals surface area contributed by atoms with Gasteiger partial charge >= 0.3 is 0 Å². The molecule has 0 aromatic carbocycles. The van der Waals surface area contributed by atoms with E-state index in [1.165, 1.54) is 4.31 Å². The maximum Gasteiger partial charge on any atom is 0.214 e. The van der Waals surface area contributed by atoms with E-state index in [-0.39, 0.29) is 12.4 Å². The predicted molar refractivity (Wildman–Crippen MR) is 46.3 cm³/mol. The van der Waals surface area contributed by atoms with Crippen LogP contribution in [0, 0.1) is 0 Å². The van der Waals surface area contributed by atoms with Crippen LogP contribution in [0.3, 0.4) is 0 Å². The third kappa shape index (κ3) is 2.59. The lowest BCUT2D eigenvalue weighted by Crippen LogP contribution is -2.30. The maximum atomic E-state index is 11.0. The minimum absolute atomic E-state index is 0. The SMILES string of the molecule is Cl.NCCN1CCCS1(=O)=O. The molecule has 11 heavy (non-hydrogen) atoms. The second-order valence-electron chi connectivity index (χ2n) is 2.36. The zero-order valence-electron chi connectivity index (χ0n) is 6.19. The first kappa shape index (κ1) is 11.2. The molecule has 0 unspecified atom stereocenters. The summed E-state index contributed by atoms with van der Waals surface area (Å²) in [6, 6.07) is 0. The van der Waals surface area contributed by atoms with Gasteiger partial charge in [-0.2, -0.15) is 0 Å². The number of hydrogen-bond donors (Lipinski definition) is 1. The molecule has 68 valence electrons. The van der Waals surface area contributed by atoms with E-state index in [1.54, 1.807) is 0 Å². The van der Waals surface area contributed by atoms with Crippen LogP contribution in [0.5, 0.6) is 0 Å². The smallest absolute Gasteiger partial charge is 0.214 e. The van der Waals surface area contributed by atoms with Gasteiger partial charge in [0.2, 0.25) is 10.0 Å². The van der Waals surface area contributed by atoms with Crippen molar-refractivity contribution >= 4 is 22.4 Å². The van der Waals surface area contributed by atoms with E-state index >= 15 is 0 Å². The van der Waals surface area contributed by atoms with Crippen molar-refractivity contribution in [2.24, 2.45) is 5.73 Å². The van der Waals surface area contributed by atoms with E-state index in [0.29, 0.717) is 25.4 Å². The molecule has 0 aliphatic carbocycles. The molecule has 1 aliphatic heterocycles. The number of halogens is 1. The highest BCUT2D eigenvalue weighted by atomic mass is 35.5. The Kier molecular flexibility index (Phi) is 4.31. The molecule has 0 aromatic rings. The van der Waals surface area contributed by atoms with Crippen molar-refractivity contribution in [3.05, 3.63) is 0 Å². The largest absolute Gasteiger partial charge is 0.329 e. The Balaban J connectivity index is 0.000001000. The number of hydrogen-bond acceptors (Lipinski definition) is 3. The Hall–Kier alpha value is 0.160. The van der Waals surface area contributed by atoms with Crippen molar-refractivity contribution in [2.45, 2.75) is 6.42 Å². The van der Waals surface area contributed by atoms with Crippen molar-refractivity contribution in [3.63, 3.8) is 0 Å². The van der Waals surface area contributed by atoms with Crippen molar-refractivity contribution in [3.8, 4) is 0 Å². The first-order chi connectivity index (χ1) is 4.67. The van der Waals surface area contributed by atoms with Crippen molar-refractivity contribution in [2.75, 3.05) is 25.4 Å². The highest BCUT2D eigenvalue weighted by Crippen LogP contribution is 2.11. The van der Waals surface area contributed by atoms with Gasteiger partial charge in [-0.05, 0) is 6.42 Å². The molecular formula is C5H13ClN2O2S. The van der Waals surface area contributed by atoms with Gasteiger partial charge in [-0.1, -0.05) is 0 Å². The van der Waals surface area contributed by atoms with Crippen LogP contribution >= 0.6 is 12.4 Å². The fraction of sp³-hybridized carbons (Fsp3) is 1.00. The van der Waals surface area contributed by atoms with Gasteiger partial charge in [-0.15, -0.1) is 12.4 Å². The van der Waals surface area contributed by atoms with Crippen LogP contribution in [0.15, 0.2) is 0 Å². The highest BCUT2D eigenvalue weighted by molar-refractivity contribution is 7.89. The normalized spacial score (nSPS) is 23.0. The molecule has 0 spiro atoms. The standard InChI is InChI=1S/C5H12N2O2S.ClH/c6-2-4-7-3-1-5-10(7,8)9;/h1-6H2;1H. The number of nitrogens with two attached hydrogens (primary N) is 1. The maximum absolute atomic E-state index is 11.0. The number of sulfonamides is 1. The summed E-state index contributed by atoms with van der Waals surface area (Å²) in [6.07, 6.45) is 0.752. The third-order valence-electron chi connectivity index (χ3n) is 1.58. The van der Waals surface area contributed by atoms with E-state index < -0.39 is 10.0 Å². The molecule has 1 heterocycles. The lowest BCUT2D eigenvalue weighted by atomic mass is 10.5. The van der Waals surface area contributed by atoms with E-state index in [2.05, 4.69) is 0 Å². The molecule has 0 aromatic heterocycles. The van der Waals surface area contributed by atoms with Crippen LogP contribution in [0.4, 0.5) is 0 Å². The molecule has 1 fully saturated rings. The summed E-state index contributed by atoms with van der Waals surface area (Å²) in [6.45, 7) is 1.54. The van der Waals surface area contributed by atoms with Gasteiger partial charge in [-0.25, -0.2) is 12.7 Å². The highest BCUT2D eigenvalue weighted by Gasteiger charge is 2.26. The summed E-state index contributed by atoms with van der Waals surface area (Å²) in [4.78, 5) is 0. The van der Waals surface area contributed by atoms with E-state index in [0.717, 1.165) is 6.42 Å². The van der Waals surface area contributed by atoms with Crippen molar-refractivity contribution in [1.29, 1.82) is 0 Å². The number of rotatable bonds is 2. The summed E-state index contributed by atoms with van der Waals surface area (Å²) < 4.78 is 23.5. The molecule has 2 N–H and O–H groups in total. The lowest BCUT2D eigenvalue weighted by Gasteiger charge is -2.11. The van der Waals surface area contributed by atoms with Crippen molar-refractivity contribution < 1.29 is 8.42 Å². The molecule has 4 nitrogen and oxygen atoms in total. The molecule has 6 heteroatoms. The first-order valence-corrected chi connectivity index (χ1v) is 4.95. The van der Waals surface area contributed by atoms with Gasteiger partial charge in [0, 0.05) is 19.6 Å². The van der Waals surface area contributed by atoms with Gasteiger partial charge < -0.3 is 5.73 Å². The van der Waals surface area contributed by atoms with Crippen LogP contribution in [-0.4, -0.2) is 38.1 Å². The summed E-state index contributed by atoms with van der Waals surface area (Å²) in [5, 5.41) is 0. The summed E-state index contributed by atoms with van der Waals surface area (Å²) in [5.41, 5.74) is 5.22. The molecule has 0 bridgehead atoms. The zero-order valence-corrected chi connectivity index (χ0v) is 7.83. The molecule has 0 atom stereocenters. The Morgan fingerprint density at radius 3 is 2.45 bits per heavy atom. The third-order valence-corrected chi connectivity index (χ3v) is 3.54. The van der Waals surface area contributed by atoms with Gasteiger partial charge in [0.15, 0.2) is 0 Å². The Morgan fingerprint density at radius 1 is 1.45 bits per heavy atom. The lowest BCUT2D eigenvalue weighted by molar-refractivity contribution is 0.452. The van der Waals surface area contributed by atoms with Gasteiger partial charge in [0.25, 0.3) is 0 Å². The minimum atomic E-state index is -2.90. The second kappa shape index (κ2) is 4.25. The molecule has 1 aliphatic rings. The second-order valence-corrected chi connectivity index (χ2v) is 4.45. The Bertz CT molecular complexity index is 205. The quantitative estimate of drug-likeness (QED) is 0.648. The average molecular weight is 201 g/mol. The predicted octanol–water partition coefficient (Wildman–Crippen LogP) is -0.598. The summed E-state index contributed by atoms with van der Waals surface area (Å²) in [5.74, 6) is 0.299. The fourth-order valence-electron chi connectivity index (χ4n) is 1.09. The number of nitrogens with zero attached hydrogens (tertiary/aromatic N) is 1. The summed E-state index contributed by atoms with van der Waals surface area (Å²) in [7, 11) is -2.90. The van der Waals surface area contributed by atoms with E-state index in [1.807, 2.05) is 0 Å². The molecular weight excluding hydrogens is 188 g/mol. The Morgan fingerprint density at radius 2 is 2.09 bits per heavy atom. The molecule has 0 amide bonds. The van der Waals surface area contributed by atoms with Crippen LogP contribution in [0.2, 0.25) is 0 Å². The topological polar surface area (TPSA) is 63.4 Å². The average Bonchev–Trinajstić information content (AvgIpc) is 2.13.